The van der Waals surface area contributed by atoms with E-state index in [1.54, 1.807) is 35.2 Å². The predicted molar refractivity (Wildman–Crippen MR) is 117 cm³/mol. The number of para-hydroxylation sites is 1. The smallest absolute Gasteiger partial charge is 0.262 e. The molecule has 1 atom stereocenters. The van der Waals surface area contributed by atoms with Gasteiger partial charge in [-0.05, 0) is 48.7 Å². The Labute approximate surface area is 176 Å². The second-order valence-corrected chi connectivity index (χ2v) is 7.35. The molecule has 1 heterocycles. The van der Waals surface area contributed by atoms with Crippen LogP contribution in [-0.2, 0) is 0 Å². The molecule has 1 N–H and O–H groups in total. The molecule has 5 nitrogen and oxygen atoms in total. The number of carbonyl (C=O) groups excluding carboxylic acids is 2. The first-order valence-electron chi connectivity index (χ1n) is 10.1. The Morgan fingerprint density at radius 2 is 1.73 bits per heavy atom. The Bertz CT molecular complexity index is 1080. The van der Waals surface area contributed by atoms with E-state index in [4.69, 9.17) is 4.74 Å². The number of carbonyl (C=O) groups is 2. The monoisotopic (exact) mass is 400 g/mol. The summed E-state index contributed by atoms with van der Waals surface area (Å²) in [7, 11) is 0. The molecule has 0 saturated heterocycles. The van der Waals surface area contributed by atoms with E-state index < -0.39 is 0 Å². The molecule has 4 rings (SSSR count). The molecule has 1 aliphatic rings. The minimum absolute atomic E-state index is 0.137. The van der Waals surface area contributed by atoms with Crippen molar-refractivity contribution in [3.63, 3.8) is 0 Å². The summed E-state index contributed by atoms with van der Waals surface area (Å²) in [6.45, 7) is 4.98. The van der Waals surface area contributed by atoms with Crippen molar-refractivity contribution in [1.82, 2.24) is 5.32 Å². The van der Waals surface area contributed by atoms with E-state index in [9.17, 15) is 9.59 Å². The van der Waals surface area contributed by atoms with Crippen LogP contribution >= 0.6 is 0 Å². The summed E-state index contributed by atoms with van der Waals surface area (Å²) in [5.41, 5.74) is 2.78. The van der Waals surface area contributed by atoms with Crippen molar-refractivity contribution in [2.45, 2.75) is 19.8 Å². The lowest BCUT2D eigenvalue weighted by Gasteiger charge is -2.21. The minimum Gasteiger partial charge on any atom is -0.454 e. The summed E-state index contributed by atoms with van der Waals surface area (Å²) < 4.78 is 6.00. The molecule has 30 heavy (non-hydrogen) atoms. The van der Waals surface area contributed by atoms with Gasteiger partial charge in [0, 0.05) is 18.7 Å². The first kappa shape index (κ1) is 19.7. The highest BCUT2D eigenvalue weighted by atomic mass is 16.5. The molecule has 0 unspecified atom stereocenters. The third-order valence-electron chi connectivity index (χ3n) is 5.35. The molecule has 0 aliphatic carbocycles. The van der Waals surface area contributed by atoms with Crippen LogP contribution in [0.4, 0.5) is 5.69 Å². The molecule has 5 heteroatoms. The molecule has 0 spiro atoms. The van der Waals surface area contributed by atoms with E-state index in [1.165, 1.54) is 5.56 Å². The van der Waals surface area contributed by atoms with Gasteiger partial charge in [-0.15, -0.1) is 0 Å². The molecule has 3 aromatic carbocycles. The van der Waals surface area contributed by atoms with Gasteiger partial charge in [0.1, 0.15) is 5.75 Å². The van der Waals surface area contributed by atoms with Crippen LogP contribution in [-0.4, -0.2) is 24.9 Å². The maximum Gasteiger partial charge on any atom is 0.262 e. The summed E-state index contributed by atoms with van der Waals surface area (Å²) in [6, 6.07) is 22.5. The molecule has 1 aliphatic heterocycles. The van der Waals surface area contributed by atoms with Crippen LogP contribution in [0.5, 0.6) is 11.5 Å². The Kier molecular flexibility index (Phi) is 5.53. The highest BCUT2D eigenvalue weighted by Crippen LogP contribution is 2.39. The summed E-state index contributed by atoms with van der Waals surface area (Å²) in [5.74, 6) is 0.966. The summed E-state index contributed by atoms with van der Waals surface area (Å²) >= 11 is 0. The average molecular weight is 400 g/mol. The molecule has 0 saturated carbocycles. The third kappa shape index (κ3) is 3.79. The Morgan fingerprint density at radius 1 is 1.00 bits per heavy atom. The van der Waals surface area contributed by atoms with Crippen LogP contribution in [0.15, 0.2) is 72.8 Å². The Balaban J connectivity index is 1.57. The molecule has 152 valence electrons. The lowest BCUT2D eigenvalue weighted by molar-refractivity contribution is 0.0948. The second kappa shape index (κ2) is 8.41. The van der Waals surface area contributed by atoms with Gasteiger partial charge in [0.15, 0.2) is 5.75 Å². The van der Waals surface area contributed by atoms with Crippen LogP contribution in [0.2, 0.25) is 0 Å². The van der Waals surface area contributed by atoms with Crippen molar-refractivity contribution in [2.24, 2.45) is 0 Å². The Hall–Kier alpha value is -3.60. The van der Waals surface area contributed by atoms with E-state index in [0.29, 0.717) is 41.4 Å². The van der Waals surface area contributed by atoms with E-state index in [0.717, 1.165) is 0 Å². The Morgan fingerprint density at radius 3 is 2.50 bits per heavy atom. The minimum atomic E-state index is -0.175. The van der Waals surface area contributed by atoms with Gasteiger partial charge in [0.2, 0.25) is 0 Å². The molecule has 0 radical (unpaired) electrons. The van der Waals surface area contributed by atoms with Crippen LogP contribution in [0.1, 0.15) is 46.0 Å². The maximum absolute atomic E-state index is 13.0. The number of anilines is 1. The maximum atomic E-state index is 13.0. The molecular weight excluding hydrogens is 376 g/mol. The number of nitrogens with one attached hydrogen (secondary N) is 1. The van der Waals surface area contributed by atoms with Crippen molar-refractivity contribution in [3.05, 3.63) is 89.5 Å². The normalized spacial score (nSPS) is 13.5. The van der Waals surface area contributed by atoms with Crippen LogP contribution in [0, 0.1) is 0 Å². The van der Waals surface area contributed by atoms with E-state index in [1.807, 2.05) is 37.3 Å². The number of amides is 2. The van der Waals surface area contributed by atoms with E-state index >= 15 is 0 Å². The van der Waals surface area contributed by atoms with Gasteiger partial charge in [-0.3, -0.25) is 9.59 Å². The van der Waals surface area contributed by atoms with Gasteiger partial charge in [0.25, 0.3) is 11.8 Å². The zero-order valence-electron chi connectivity index (χ0n) is 17.1. The second-order valence-electron chi connectivity index (χ2n) is 7.35. The highest BCUT2D eigenvalue weighted by molar-refractivity contribution is 6.10. The lowest BCUT2D eigenvalue weighted by atomic mass is 10.0. The molecule has 0 aromatic heterocycles. The van der Waals surface area contributed by atoms with Gasteiger partial charge in [-0.2, -0.15) is 0 Å². The van der Waals surface area contributed by atoms with Crippen molar-refractivity contribution in [1.29, 1.82) is 0 Å². The molecule has 3 aromatic rings. The highest BCUT2D eigenvalue weighted by Gasteiger charge is 2.27. The van der Waals surface area contributed by atoms with Gasteiger partial charge in [-0.25, -0.2) is 0 Å². The van der Waals surface area contributed by atoms with Crippen molar-refractivity contribution < 1.29 is 14.3 Å². The quantitative estimate of drug-likeness (QED) is 0.656. The van der Waals surface area contributed by atoms with Gasteiger partial charge in [-0.1, -0.05) is 49.4 Å². The van der Waals surface area contributed by atoms with Crippen LogP contribution < -0.4 is 15.0 Å². The van der Waals surface area contributed by atoms with Gasteiger partial charge < -0.3 is 15.0 Å². The number of hydrogen-bond acceptors (Lipinski definition) is 3. The topological polar surface area (TPSA) is 58.6 Å². The predicted octanol–water partition coefficient (Wildman–Crippen LogP) is 4.99. The fourth-order valence-electron chi connectivity index (χ4n) is 3.62. The fraction of sp³-hybridized carbons (Fsp3) is 0.200. The van der Waals surface area contributed by atoms with Crippen LogP contribution in [0.3, 0.4) is 0 Å². The SMILES string of the molecule is CCN1C(=O)c2ccccc2Oc2ccc(C(=O)NC[C@H](C)c3ccccc3)cc21. The number of hydrogen-bond donors (Lipinski definition) is 1. The number of ether oxygens (including phenoxy) is 1. The van der Waals surface area contributed by atoms with Crippen molar-refractivity contribution >= 4 is 17.5 Å². The molecule has 2 amide bonds. The summed E-state index contributed by atoms with van der Waals surface area (Å²) in [5, 5.41) is 3.00. The van der Waals surface area contributed by atoms with E-state index in [2.05, 4.69) is 24.4 Å². The standard InChI is InChI=1S/C25H24N2O3/c1-3-27-21-15-19(24(28)26-16-17(2)18-9-5-4-6-10-18)13-14-23(21)30-22-12-8-7-11-20(22)25(27)29/h4-15,17H,3,16H2,1-2H3,(H,26,28)/t17-/m0/s1. The molecular formula is C25H24N2O3. The number of fused-ring (bicyclic) bond motifs is 2. The first-order chi connectivity index (χ1) is 14.6. The number of rotatable bonds is 5. The fourth-order valence-corrected chi connectivity index (χ4v) is 3.62. The zero-order valence-corrected chi connectivity index (χ0v) is 17.1. The first-order valence-corrected chi connectivity index (χ1v) is 10.1. The van der Waals surface area contributed by atoms with E-state index in [-0.39, 0.29) is 17.7 Å². The van der Waals surface area contributed by atoms with Crippen molar-refractivity contribution in [2.75, 3.05) is 18.0 Å². The van der Waals surface area contributed by atoms with Crippen molar-refractivity contribution in [3.8, 4) is 11.5 Å². The summed E-state index contributed by atoms with van der Waals surface area (Å²) in [6.07, 6.45) is 0. The largest absolute Gasteiger partial charge is 0.454 e. The molecule has 0 fully saturated rings. The number of nitrogens with zero attached hydrogens (tertiary/aromatic N) is 1. The number of benzene rings is 3. The summed E-state index contributed by atoms with van der Waals surface area (Å²) in [4.78, 5) is 27.5. The van der Waals surface area contributed by atoms with Gasteiger partial charge >= 0.3 is 0 Å². The molecule has 0 bridgehead atoms. The average Bonchev–Trinajstić information content (AvgIpc) is 2.91. The lowest BCUT2D eigenvalue weighted by Crippen LogP contribution is -2.31. The van der Waals surface area contributed by atoms with Gasteiger partial charge in [0.05, 0.1) is 11.3 Å². The zero-order chi connectivity index (χ0) is 21.1. The van der Waals surface area contributed by atoms with Crippen LogP contribution in [0.25, 0.3) is 0 Å². The third-order valence-corrected chi connectivity index (χ3v) is 5.35.